The number of ether oxygens (including phenoxy) is 2. The lowest BCUT2D eigenvalue weighted by molar-refractivity contribution is -0.113. The largest absolute Gasteiger partial charge is 0.497 e. The van der Waals surface area contributed by atoms with Gasteiger partial charge < -0.3 is 25.0 Å². The van der Waals surface area contributed by atoms with Gasteiger partial charge in [0, 0.05) is 23.3 Å². The van der Waals surface area contributed by atoms with Crippen molar-refractivity contribution in [2.45, 2.75) is 13.0 Å². The highest BCUT2D eigenvalue weighted by molar-refractivity contribution is 9.10. The Hall–Kier alpha value is -2.58. The minimum atomic E-state index is -0.372. The van der Waals surface area contributed by atoms with E-state index < -0.39 is 0 Å². The molecule has 6 nitrogen and oxygen atoms in total. The number of nitrogens with zero attached hydrogens (tertiary/aromatic N) is 1. The fraction of sp³-hybridized carbons (Fsp3) is 0.238. The molecule has 0 aliphatic carbocycles. The van der Waals surface area contributed by atoms with Crippen LogP contribution in [0.1, 0.15) is 18.5 Å². The summed E-state index contributed by atoms with van der Waals surface area (Å²) in [5.41, 5.74) is 2.82. The summed E-state index contributed by atoms with van der Waals surface area (Å²) < 4.78 is 11.6. The number of benzene rings is 2. The number of hydrogen-bond acceptors (Lipinski definition) is 4. The first-order chi connectivity index (χ1) is 13.8. The van der Waals surface area contributed by atoms with E-state index in [1.165, 1.54) is 0 Å². The van der Waals surface area contributed by atoms with E-state index in [0.717, 1.165) is 15.7 Å². The summed E-state index contributed by atoms with van der Waals surface area (Å²) in [6.07, 6.45) is 0. The second-order valence-corrected chi connectivity index (χ2v) is 7.81. The van der Waals surface area contributed by atoms with Crippen LogP contribution in [0.5, 0.6) is 11.5 Å². The molecule has 2 aromatic rings. The average molecular weight is 476 g/mol. The molecule has 152 valence electrons. The highest BCUT2D eigenvalue weighted by atomic mass is 79.9. The maximum Gasteiger partial charge on any atom is 0.255 e. The molecule has 0 bridgehead atoms. The minimum absolute atomic E-state index is 0.246. The van der Waals surface area contributed by atoms with Crippen LogP contribution in [0.4, 0.5) is 5.69 Å². The van der Waals surface area contributed by atoms with Gasteiger partial charge in [0.15, 0.2) is 5.11 Å². The molecule has 1 amide bonds. The summed E-state index contributed by atoms with van der Waals surface area (Å²) in [5, 5.41) is 6.79. The number of allylic oxidation sites excluding steroid dienone is 1. The minimum Gasteiger partial charge on any atom is -0.497 e. The van der Waals surface area contributed by atoms with E-state index in [1.54, 1.807) is 37.3 Å². The highest BCUT2D eigenvalue weighted by Crippen LogP contribution is 2.34. The monoisotopic (exact) mass is 475 g/mol. The number of amides is 1. The van der Waals surface area contributed by atoms with Crippen LogP contribution in [0.3, 0.4) is 0 Å². The molecule has 0 saturated carbocycles. The predicted octanol–water partition coefficient (Wildman–Crippen LogP) is 4.24. The molecule has 1 aliphatic heterocycles. The second kappa shape index (κ2) is 8.84. The third kappa shape index (κ3) is 4.38. The molecule has 0 radical (unpaired) electrons. The van der Waals surface area contributed by atoms with Crippen LogP contribution in [-0.4, -0.2) is 37.2 Å². The molecule has 3 rings (SSSR count). The Morgan fingerprint density at radius 2 is 1.86 bits per heavy atom. The van der Waals surface area contributed by atoms with Crippen LogP contribution in [0.15, 0.2) is 58.2 Å². The number of carbonyl (C=O) groups excluding carboxylic acids is 1. The van der Waals surface area contributed by atoms with E-state index >= 15 is 0 Å². The van der Waals surface area contributed by atoms with Crippen molar-refractivity contribution in [1.82, 2.24) is 10.2 Å². The number of methoxy groups -OCH3 is 2. The van der Waals surface area contributed by atoms with Gasteiger partial charge in [-0.3, -0.25) is 4.79 Å². The van der Waals surface area contributed by atoms with Gasteiger partial charge in [-0.1, -0.05) is 28.1 Å². The van der Waals surface area contributed by atoms with Crippen molar-refractivity contribution in [3.05, 3.63) is 63.8 Å². The van der Waals surface area contributed by atoms with E-state index in [9.17, 15) is 4.79 Å². The van der Waals surface area contributed by atoms with Gasteiger partial charge in [0.1, 0.15) is 11.5 Å². The molecule has 0 fully saturated rings. The Balaban J connectivity index is 2.01. The van der Waals surface area contributed by atoms with Crippen molar-refractivity contribution in [2.24, 2.45) is 0 Å². The highest BCUT2D eigenvalue weighted by Gasteiger charge is 2.32. The SMILES string of the molecule is COc1ccc(OC)c(NC(=O)C2=C(C)N(C)C(=S)NC2c2ccc(Br)cc2)c1. The van der Waals surface area contributed by atoms with Gasteiger partial charge in [-0.05, 0) is 49.0 Å². The first-order valence-corrected chi connectivity index (χ1v) is 10.1. The number of carbonyl (C=O) groups is 1. The quantitative estimate of drug-likeness (QED) is 0.630. The normalized spacial score (nSPS) is 16.4. The molecule has 29 heavy (non-hydrogen) atoms. The third-order valence-electron chi connectivity index (χ3n) is 4.86. The standard InChI is InChI=1S/C21H22BrN3O3S/c1-12-18(20(26)23-16-11-15(27-3)9-10-17(16)28-4)19(24-21(29)25(12)2)13-5-7-14(22)8-6-13/h5-11,19H,1-4H3,(H,23,26)(H,24,29). The molecule has 8 heteroatoms. The molecule has 1 unspecified atom stereocenters. The van der Waals surface area contributed by atoms with Crippen LogP contribution < -0.4 is 20.1 Å². The van der Waals surface area contributed by atoms with E-state index in [4.69, 9.17) is 21.7 Å². The molecule has 0 aromatic heterocycles. The van der Waals surface area contributed by atoms with Crippen molar-refractivity contribution in [1.29, 1.82) is 0 Å². The molecule has 2 N–H and O–H groups in total. The smallest absolute Gasteiger partial charge is 0.255 e. The van der Waals surface area contributed by atoms with Gasteiger partial charge in [0.2, 0.25) is 0 Å². The van der Waals surface area contributed by atoms with Gasteiger partial charge in [-0.2, -0.15) is 0 Å². The van der Waals surface area contributed by atoms with Gasteiger partial charge in [0.05, 0.1) is 31.5 Å². The maximum absolute atomic E-state index is 13.4. The van der Waals surface area contributed by atoms with E-state index in [-0.39, 0.29) is 11.9 Å². The average Bonchev–Trinajstić information content (AvgIpc) is 2.72. The molecule has 1 atom stereocenters. The predicted molar refractivity (Wildman–Crippen MR) is 121 cm³/mol. The van der Waals surface area contributed by atoms with E-state index in [2.05, 4.69) is 26.6 Å². The van der Waals surface area contributed by atoms with Crippen LogP contribution in [0, 0.1) is 0 Å². The fourth-order valence-corrected chi connectivity index (χ4v) is 3.66. The van der Waals surface area contributed by atoms with Crippen molar-refractivity contribution in [2.75, 3.05) is 26.6 Å². The molecule has 1 aliphatic rings. The Labute approximate surface area is 184 Å². The van der Waals surface area contributed by atoms with Crippen molar-refractivity contribution >= 4 is 44.9 Å². The lowest BCUT2D eigenvalue weighted by Gasteiger charge is -2.35. The van der Waals surface area contributed by atoms with Crippen molar-refractivity contribution < 1.29 is 14.3 Å². The summed E-state index contributed by atoms with van der Waals surface area (Å²) in [4.78, 5) is 15.2. The first-order valence-electron chi connectivity index (χ1n) is 8.89. The molecular weight excluding hydrogens is 454 g/mol. The summed E-state index contributed by atoms with van der Waals surface area (Å²) >= 11 is 8.90. The summed E-state index contributed by atoms with van der Waals surface area (Å²) in [5.74, 6) is 0.922. The second-order valence-electron chi connectivity index (χ2n) is 6.51. The number of nitrogens with one attached hydrogen (secondary N) is 2. The Morgan fingerprint density at radius 3 is 2.48 bits per heavy atom. The number of halogens is 1. The summed E-state index contributed by atoms with van der Waals surface area (Å²) in [6, 6.07) is 12.7. The molecule has 0 saturated heterocycles. The number of hydrogen-bond donors (Lipinski definition) is 2. The summed E-state index contributed by atoms with van der Waals surface area (Å²) in [6.45, 7) is 1.89. The van der Waals surface area contributed by atoms with Crippen molar-refractivity contribution in [3.8, 4) is 11.5 Å². The van der Waals surface area contributed by atoms with Gasteiger partial charge >= 0.3 is 0 Å². The molecular formula is C21H22BrN3O3S. The molecule has 0 spiro atoms. The van der Waals surface area contributed by atoms with E-state index in [1.807, 2.05) is 38.2 Å². The number of thiocarbonyl (C=S) groups is 1. The Kier molecular flexibility index (Phi) is 6.44. The van der Waals surface area contributed by atoms with Crippen molar-refractivity contribution in [3.63, 3.8) is 0 Å². The number of anilines is 1. The van der Waals surface area contributed by atoms with Gasteiger partial charge in [0.25, 0.3) is 5.91 Å². The zero-order valence-corrected chi connectivity index (χ0v) is 19.0. The zero-order valence-electron chi connectivity index (χ0n) is 16.6. The first kappa shape index (κ1) is 21.1. The van der Waals surface area contributed by atoms with Gasteiger partial charge in [-0.25, -0.2) is 0 Å². The summed E-state index contributed by atoms with van der Waals surface area (Å²) in [7, 11) is 4.97. The Bertz CT molecular complexity index is 976. The third-order valence-corrected chi connectivity index (χ3v) is 5.78. The molecule has 1 heterocycles. The lowest BCUT2D eigenvalue weighted by atomic mass is 9.94. The van der Waals surface area contributed by atoms with Gasteiger partial charge in [-0.15, -0.1) is 0 Å². The lowest BCUT2D eigenvalue weighted by Crippen LogP contribution is -2.46. The van der Waals surface area contributed by atoms with Crippen LogP contribution in [0.2, 0.25) is 0 Å². The zero-order chi connectivity index (χ0) is 21.1. The maximum atomic E-state index is 13.4. The Morgan fingerprint density at radius 1 is 1.17 bits per heavy atom. The van der Waals surface area contributed by atoms with Crippen LogP contribution >= 0.6 is 28.1 Å². The topological polar surface area (TPSA) is 62.8 Å². The van der Waals surface area contributed by atoms with Crippen LogP contribution in [-0.2, 0) is 4.79 Å². The number of rotatable bonds is 5. The van der Waals surface area contributed by atoms with E-state index in [0.29, 0.717) is 27.9 Å². The van der Waals surface area contributed by atoms with Crippen LogP contribution in [0.25, 0.3) is 0 Å². The molecule has 2 aromatic carbocycles. The fourth-order valence-electron chi connectivity index (χ4n) is 3.14.